The number of para-hydroxylation sites is 1. The molecule has 2 N–H and O–H groups in total. The zero-order valence-electron chi connectivity index (χ0n) is 17.2. The van der Waals surface area contributed by atoms with E-state index in [0.717, 1.165) is 16.9 Å². The number of carbonyl (C=O) groups is 1. The second kappa shape index (κ2) is 8.06. The van der Waals surface area contributed by atoms with Crippen LogP contribution < -0.4 is 15.5 Å². The number of benzene rings is 1. The average molecular weight is 430 g/mol. The molecule has 9 nitrogen and oxygen atoms in total. The van der Waals surface area contributed by atoms with Crippen LogP contribution in [0.5, 0.6) is 0 Å². The lowest BCUT2D eigenvalue weighted by Gasteiger charge is -2.17. The maximum atomic E-state index is 13.9. The molecule has 0 spiro atoms. The lowest BCUT2D eigenvalue weighted by atomic mass is 10.1. The molecule has 5 rings (SSSR count). The zero-order valence-corrected chi connectivity index (χ0v) is 17.2. The summed E-state index contributed by atoms with van der Waals surface area (Å²) in [4.78, 5) is 27.5. The first-order chi connectivity index (χ1) is 15.6. The van der Waals surface area contributed by atoms with Crippen LogP contribution >= 0.6 is 0 Å². The molecule has 0 unspecified atom stereocenters. The third kappa shape index (κ3) is 3.73. The molecule has 160 valence electrons. The predicted octanol–water partition coefficient (Wildman–Crippen LogP) is 3.75. The van der Waals surface area contributed by atoms with Crippen molar-refractivity contribution in [2.45, 2.75) is 6.42 Å². The van der Waals surface area contributed by atoms with E-state index in [2.05, 4.69) is 30.7 Å². The number of pyridine rings is 1. The van der Waals surface area contributed by atoms with Crippen LogP contribution in [0.15, 0.2) is 61.1 Å². The standard InChI is InChI=1S/C22H19FN8O/c1-30-19(7-10-26-30)29-21-24-9-6-17(27-21)15-12-14-8-11-31(20(14)25-13-15)22(32)28-18-5-3-2-4-16(18)23/h2-7,9-10,12-13H,8,11H2,1H3,(H,28,32)(H,24,27,29). The van der Waals surface area contributed by atoms with Gasteiger partial charge >= 0.3 is 6.03 Å². The molecule has 10 heteroatoms. The maximum absolute atomic E-state index is 13.9. The number of carbonyl (C=O) groups excluding carboxylic acids is 1. The number of hydrogen-bond acceptors (Lipinski definition) is 6. The predicted molar refractivity (Wildman–Crippen MR) is 118 cm³/mol. The molecule has 0 bridgehead atoms. The largest absolute Gasteiger partial charge is 0.327 e. The summed E-state index contributed by atoms with van der Waals surface area (Å²) >= 11 is 0. The number of anilines is 4. The van der Waals surface area contributed by atoms with E-state index in [0.29, 0.717) is 30.4 Å². The van der Waals surface area contributed by atoms with Gasteiger partial charge in [-0.25, -0.2) is 24.1 Å². The van der Waals surface area contributed by atoms with Crippen molar-refractivity contribution in [2.75, 3.05) is 22.1 Å². The van der Waals surface area contributed by atoms with E-state index in [1.165, 1.54) is 17.0 Å². The summed E-state index contributed by atoms with van der Waals surface area (Å²) in [6.07, 6.45) is 5.67. The maximum Gasteiger partial charge on any atom is 0.327 e. The van der Waals surface area contributed by atoms with Crippen molar-refractivity contribution in [2.24, 2.45) is 7.05 Å². The number of fused-ring (bicyclic) bond motifs is 1. The van der Waals surface area contributed by atoms with Crippen LogP contribution in [-0.2, 0) is 13.5 Å². The highest BCUT2D eigenvalue weighted by molar-refractivity contribution is 6.02. The molecule has 0 saturated carbocycles. The Morgan fingerprint density at radius 3 is 2.81 bits per heavy atom. The van der Waals surface area contributed by atoms with Crippen molar-refractivity contribution in [3.05, 3.63) is 72.4 Å². The SMILES string of the molecule is Cn1nccc1Nc1nccc(-c2cnc3c(c2)CCN3C(=O)Nc2ccccc2F)n1. The monoisotopic (exact) mass is 430 g/mol. The summed E-state index contributed by atoms with van der Waals surface area (Å²) in [5.74, 6) is 1.29. The topological polar surface area (TPSA) is 101 Å². The van der Waals surface area contributed by atoms with Crippen molar-refractivity contribution in [1.29, 1.82) is 0 Å². The summed E-state index contributed by atoms with van der Waals surface area (Å²) in [6.45, 7) is 0.461. The lowest BCUT2D eigenvalue weighted by Crippen LogP contribution is -2.34. The first-order valence-corrected chi connectivity index (χ1v) is 9.99. The number of urea groups is 1. The van der Waals surface area contributed by atoms with Gasteiger partial charge in [0.2, 0.25) is 5.95 Å². The summed E-state index contributed by atoms with van der Waals surface area (Å²) in [7, 11) is 1.82. The molecule has 3 aromatic heterocycles. The minimum absolute atomic E-state index is 0.136. The van der Waals surface area contributed by atoms with Gasteiger partial charge in [-0.1, -0.05) is 12.1 Å². The lowest BCUT2D eigenvalue weighted by molar-refractivity contribution is 0.257. The minimum atomic E-state index is -0.483. The van der Waals surface area contributed by atoms with Crippen LogP contribution in [0, 0.1) is 5.82 Å². The van der Waals surface area contributed by atoms with Gasteiger partial charge in [0.25, 0.3) is 0 Å². The molecule has 0 saturated heterocycles. The fourth-order valence-corrected chi connectivity index (χ4v) is 3.54. The van der Waals surface area contributed by atoms with Crippen molar-refractivity contribution in [3.8, 4) is 11.3 Å². The number of nitrogens with zero attached hydrogens (tertiary/aromatic N) is 6. The highest BCUT2D eigenvalue weighted by atomic mass is 19.1. The molecule has 4 aromatic rings. The van der Waals surface area contributed by atoms with Crippen molar-refractivity contribution >= 4 is 29.3 Å². The third-order valence-electron chi connectivity index (χ3n) is 5.18. The van der Waals surface area contributed by atoms with Crippen molar-refractivity contribution < 1.29 is 9.18 Å². The molecule has 0 fully saturated rings. The van der Waals surface area contributed by atoms with Gasteiger partial charge in [-0.15, -0.1) is 0 Å². The Morgan fingerprint density at radius 1 is 1.12 bits per heavy atom. The minimum Gasteiger partial charge on any atom is -0.309 e. The molecule has 0 atom stereocenters. The van der Waals surface area contributed by atoms with Crippen LogP contribution in [0.25, 0.3) is 11.3 Å². The molecule has 1 aliphatic rings. The van der Waals surface area contributed by atoms with Gasteiger partial charge in [0.1, 0.15) is 17.5 Å². The van der Waals surface area contributed by atoms with Gasteiger partial charge in [-0.3, -0.25) is 9.58 Å². The molecule has 1 aromatic carbocycles. The quantitative estimate of drug-likeness (QED) is 0.511. The molecule has 4 heterocycles. The van der Waals surface area contributed by atoms with E-state index in [9.17, 15) is 9.18 Å². The summed E-state index contributed by atoms with van der Waals surface area (Å²) < 4.78 is 15.6. The fourth-order valence-electron chi connectivity index (χ4n) is 3.54. The van der Waals surface area contributed by atoms with Crippen LogP contribution in [0.1, 0.15) is 5.56 Å². The number of nitrogens with one attached hydrogen (secondary N) is 2. The van der Waals surface area contributed by atoms with E-state index in [4.69, 9.17) is 0 Å². The first-order valence-electron chi connectivity index (χ1n) is 9.99. The highest BCUT2D eigenvalue weighted by Gasteiger charge is 2.27. The molecule has 0 radical (unpaired) electrons. The molecule has 32 heavy (non-hydrogen) atoms. The number of rotatable bonds is 4. The summed E-state index contributed by atoms with van der Waals surface area (Å²) in [5.41, 5.74) is 2.58. The van der Waals surface area contributed by atoms with Gasteiger partial charge in [-0.05, 0) is 36.2 Å². The van der Waals surface area contributed by atoms with E-state index in [-0.39, 0.29) is 5.69 Å². The van der Waals surface area contributed by atoms with Crippen molar-refractivity contribution in [1.82, 2.24) is 24.7 Å². The van der Waals surface area contributed by atoms with Crippen LogP contribution in [-0.4, -0.2) is 37.3 Å². The average Bonchev–Trinajstić information content (AvgIpc) is 3.41. The van der Waals surface area contributed by atoms with Crippen LogP contribution in [0.3, 0.4) is 0 Å². The third-order valence-corrected chi connectivity index (χ3v) is 5.18. The summed E-state index contributed by atoms with van der Waals surface area (Å²) in [5, 5.41) is 9.85. The van der Waals surface area contributed by atoms with Crippen LogP contribution in [0.2, 0.25) is 0 Å². The van der Waals surface area contributed by atoms with Gasteiger partial charge in [0.15, 0.2) is 0 Å². The number of amides is 2. The smallest absolute Gasteiger partial charge is 0.309 e. The Morgan fingerprint density at radius 2 is 2.00 bits per heavy atom. The number of aromatic nitrogens is 5. The summed E-state index contributed by atoms with van der Waals surface area (Å²) in [6, 6.07) is 11.2. The first kappa shape index (κ1) is 19.6. The molecule has 2 amide bonds. The fraction of sp³-hybridized carbons (Fsp3) is 0.136. The Bertz CT molecular complexity index is 1300. The van der Waals surface area contributed by atoms with E-state index in [1.54, 1.807) is 41.5 Å². The Kier molecular flexibility index (Phi) is 4.94. The van der Waals surface area contributed by atoms with Gasteiger partial charge < -0.3 is 10.6 Å². The molecular formula is C22H19FN8O. The second-order valence-corrected chi connectivity index (χ2v) is 7.25. The highest BCUT2D eigenvalue weighted by Crippen LogP contribution is 2.30. The number of hydrogen-bond donors (Lipinski definition) is 2. The Hall–Kier alpha value is -4.34. The normalized spacial score (nSPS) is 12.5. The van der Waals surface area contributed by atoms with Gasteiger partial charge in [-0.2, -0.15) is 5.10 Å². The van der Waals surface area contributed by atoms with Gasteiger partial charge in [0.05, 0.1) is 17.6 Å². The number of halogens is 1. The Balaban J connectivity index is 1.36. The van der Waals surface area contributed by atoms with E-state index >= 15 is 0 Å². The van der Waals surface area contributed by atoms with E-state index < -0.39 is 11.8 Å². The van der Waals surface area contributed by atoms with Crippen molar-refractivity contribution in [3.63, 3.8) is 0 Å². The van der Waals surface area contributed by atoms with Crippen LogP contribution in [0.4, 0.5) is 32.5 Å². The number of aryl methyl sites for hydroxylation is 1. The molecular weight excluding hydrogens is 411 g/mol. The molecule has 1 aliphatic heterocycles. The van der Waals surface area contributed by atoms with Gasteiger partial charge in [0, 0.05) is 37.6 Å². The Labute approximate surface area is 183 Å². The van der Waals surface area contributed by atoms with E-state index in [1.807, 2.05) is 19.2 Å². The second-order valence-electron chi connectivity index (χ2n) is 7.25. The molecule has 0 aliphatic carbocycles. The zero-order chi connectivity index (χ0) is 22.1.